The molecule has 194 valence electrons. The number of ether oxygens (including phenoxy) is 2. The summed E-state index contributed by atoms with van der Waals surface area (Å²) in [6.45, 7) is 8.43. The maximum Gasteiger partial charge on any atom is 0.410 e. The third kappa shape index (κ3) is 5.48. The number of anilines is 1. The van der Waals surface area contributed by atoms with Gasteiger partial charge in [0.15, 0.2) is 5.82 Å². The average molecular weight is 583 g/mol. The Morgan fingerprint density at radius 3 is 2.58 bits per heavy atom. The number of likely N-dealkylation sites (N-methyl/N-ethyl adjacent to an activating group) is 1. The summed E-state index contributed by atoms with van der Waals surface area (Å²) in [6, 6.07) is 4.05. The Bertz CT molecular complexity index is 1210. The van der Waals surface area contributed by atoms with E-state index >= 15 is 4.39 Å². The standard InChI is InChI=1S/C25H30BrClFN5O3/c1-25(2,3)36-24(34)33-10-8-32(9-11-33)22-16-12-18(27)19(26)20(28)21(16)30-23(17(22)13-29)35-14-15-6-5-7-31(15)4/h12,15H,5-11,14H2,1-4H3. The Morgan fingerprint density at radius 2 is 2.00 bits per heavy atom. The summed E-state index contributed by atoms with van der Waals surface area (Å²) < 4.78 is 27.0. The quantitative estimate of drug-likeness (QED) is 0.459. The molecule has 0 aliphatic carbocycles. The van der Waals surface area contributed by atoms with E-state index in [1.807, 2.05) is 32.7 Å². The van der Waals surface area contributed by atoms with E-state index in [4.69, 9.17) is 21.1 Å². The highest BCUT2D eigenvalue weighted by Gasteiger charge is 2.31. The number of nitriles is 1. The summed E-state index contributed by atoms with van der Waals surface area (Å²) in [7, 11) is 2.04. The summed E-state index contributed by atoms with van der Waals surface area (Å²) in [4.78, 5) is 22.8. The van der Waals surface area contributed by atoms with E-state index in [2.05, 4.69) is 31.9 Å². The number of hydrogen-bond acceptors (Lipinski definition) is 7. The van der Waals surface area contributed by atoms with Gasteiger partial charge in [0.05, 0.1) is 15.2 Å². The zero-order chi connectivity index (χ0) is 26.2. The monoisotopic (exact) mass is 581 g/mol. The lowest BCUT2D eigenvalue weighted by atomic mass is 10.1. The molecule has 1 aromatic heterocycles. The number of amides is 1. The van der Waals surface area contributed by atoms with Gasteiger partial charge in [0.1, 0.15) is 29.4 Å². The summed E-state index contributed by atoms with van der Waals surface area (Å²) in [5, 5.41) is 10.8. The van der Waals surface area contributed by atoms with Crippen LogP contribution >= 0.6 is 27.5 Å². The van der Waals surface area contributed by atoms with Gasteiger partial charge >= 0.3 is 6.09 Å². The fourth-order valence-electron chi connectivity index (χ4n) is 4.61. The number of rotatable bonds is 4. The molecule has 8 nitrogen and oxygen atoms in total. The van der Waals surface area contributed by atoms with Crippen LogP contribution in [0.25, 0.3) is 10.9 Å². The van der Waals surface area contributed by atoms with Crippen LogP contribution in [0.15, 0.2) is 10.5 Å². The number of nitrogens with zero attached hydrogens (tertiary/aromatic N) is 5. The van der Waals surface area contributed by atoms with Gasteiger partial charge < -0.3 is 24.2 Å². The molecule has 0 spiro atoms. The average Bonchev–Trinajstić information content (AvgIpc) is 3.24. The summed E-state index contributed by atoms with van der Waals surface area (Å²) in [5.41, 5.74) is 0.218. The van der Waals surface area contributed by atoms with E-state index in [1.165, 1.54) is 0 Å². The van der Waals surface area contributed by atoms with Crippen LogP contribution in [0.3, 0.4) is 0 Å². The molecule has 0 radical (unpaired) electrons. The van der Waals surface area contributed by atoms with Crippen LogP contribution in [0.1, 0.15) is 39.2 Å². The molecule has 0 N–H and O–H groups in total. The predicted octanol–water partition coefficient (Wildman–Crippen LogP) is 5.19. The zero-order valence-electron chi connectivity index (χ0n) is 20.9. The number of pyridine rings is 1. The Balaban J connectivity index is 1.70. The molecule has 1 aromatic carbocycles. The van der Waals surface area contributed by atoms with Gasteiger partial charge in [-0.2, -0.15) is 5.26 Å². The fourth-order valence-corrected chi connectivity index (χ4v) is 5.10. The van der Waals surface area contributed by atoms with Crippen molar-refractivity contribution in [2.45, 2.75) is 45.3 Å². The summed E-state index contributed by atoms with van der Waals surface area (Å²) in [5.74, 6) is -0.513. The van der Waals surface area contributed by atoms with E-state index in [-0.39, 0.29) is 38.6 Å². The maximum atomic E-state index is 15.3. The van der Waals surface area contributed by atoms with Crippen molar-refractivity contribution < 1.29 is 18.7 Å². The third-order valence-corrected chi connectivity index (χ3v) is 7.80. The van der Waals surface area contributed by atoms with E-state index in [0.717, 1.165) is 19.4 Å². The first kappa shape index (κ1) is 26.7. The molecule has 2 saturated heterocycles. The number of hydrogen-bond donors (Lipinski definition) is 0. The van der Waals surface area contributed by atoms with Gasteiger partial charge in [0, 0.05) is 37.6 Å². The zero-order valence-corrected chi connectivity index (χ0v) is 23.2. The van der Waals surface area contributed by atoms with E-state index < -0.39 is 11.4 Å². The maximum absolute atomic E-state index is 15.3. The number of carbonyl (C=O) groups excluding carboxylic acids is 1. The van der Waals surface area contributed by atoms with Crippen molar-refractivity contribution in [3.05, 3.63) is 26.9 Å². The van der Waals surface area contributed by atoms with Crippen molar-refractivity contribution in [2.75, 3.05) is 51.3 Å². The molecule has 1 atom stereocenters. The topological polar surface area (TPSA) is 81.9 Å². The molecule has 1 amide bonds. The van der Waals surface area contributed by atoms with Crippen LogP contribution in [0, 0.1) is 17.1 Å². The molecule has 1 unspecified atom stereocenters. The Hall–Kier alpha value is -2.35. The molecule has 36 heavy (non-hydrogen) atoms. The van der Waals surface area contributed by atoms with Gasteiger partial charge in [-0.05, 0) is 69.2 Å². The van der Waals surface area contributed by atoms with Crippen molar-refractivity contribution >= 4 is 50.2 Å². The Morgan fingerprint density at radius 1 is 1.31 bits per heavy atom. The number of fused-ring (bicyclic) bond motifs is 1. The van der Waals surface area contributed by atoms with Crippen LogP contribution < -0.4 is 9.64 Å². The fraction of sp³-hybridized carbons (Fsp3) is 0.560. The normalized spacial score (nSPS) is 19.0. The first-order valence-electron chi connectivity index (χ1n) is 12.0. The number of piperazine rings is 1. The number of benzene rings is 1. The van der Waals surface area contributed by atoms with Gasteiger partial charge in [-0.3, -0.25) is 0 Å². The predicted molar refractivity (Wildman–Crippen MR) is 140 cm³/mol. The summed E-state index contributed by atoms with van der Waals surface area (Å²) >= 11 is 9.50. The first-order valence-corrected chi connectivity index (χ1v) is 13.1. The smallest absolute Gasteiger partial charge is 0.410 e. The molecule has 0 saturated carbocycles. The van der Waals surface area contributed by atoms with Gasteiger partial charge in [-0.15, -0.1) is 0 Å². The van der Waals surface area contributed by atoms with Gasteiger partial charge in [0.2, 0.25) is 5.88 Å². The van der Waals surface area contributed by atoms with Crippen LogP contribution in [0.5, 0.6) is 5.88 Å². The number of likely N-dealkylation sites (tertiary alicyclic amines) is 1. The van der Waals surface area contributed by atoms with E-state index in [0.29, 0.717) is 43.9 Å². The molecular weight excluding hydrogens is 553 g/mol. The third-order valence-electron chi connectivity index (χ3n) is 6.50. The van der Waals surface area contributed by atoms with Crippen LogP contribution in [-0.2, 0) is 4.74 Å². The van der Waals surface area contributed by atoms with Crippen molar-refractivity contribution in [2.24, 2.45) is 0 Å². The van der Waals surface area contributed by atoms with Crippen molar-refractivity contribution in [3.63, 3.8) is 0 Å². The SMILES string of the molecule is CN1CCCC1COc1nc2c(F)c(Br)c(Cl)cc2c(N2CCN(C(=O)OC(C)(C)C)CC2)c1C#N. The second kappa shape index (κ2) is 10.6. The minimum Gasteiger partial charge on any atom is -0.475 e. The molecule has 2 aliphatic heterocycles. The lowest BCUT2D eigenvalue weighted by Crippen LogP contribution is -2.50. The largest absolute Gasteiger partial charge is 0.475 e. The Labute approximate surface area is 224 Å². The number of aromatic nitrogens is 1. The van der Waals surface area contributed by atoms with E-state index in [1.54, 1.807) is 11.0 Å². The molecular formula is C25H30BrClFN5O3. The molecule has 0 bridgehead atoms. The molecule has 3 heterocycles. The van der Waals surface area contributed by atoms with Crippen LogP contribution in [0.2, 0.25) is 5.02 Å². The van der Waals surface area contributed by atoms with Gasteiger partial charge in [-0.25, -0.2) is 14.2 Å². The second-order valence-corrected chi connectivity index (χ2v) is 11.4. The van der Waals surface area contributed by atoms with Gasteiger partial charge in [-0.1, -0.05) is 11.6 Å². The lowest BCUT2D eigenvalue weighted by Gasteiger charge is -2.37. The molecule has 2 aliphatic rings. The van der Waals surface area contributed by atoms with E-state index in [9.17, 15) is 10.1 Å². The van der Waals surface area contributed by atoms with Gasteiger partial charge in [0.25, 0.3) is 0 Å². The van der Waals surface area contributed by atoms with Crippen LogP contribution in [-0.4, -0.2) is 78.9 Å². The molecule has 4 rings (SSSR count). The highest BCUT2D eigenvalue weighted by Crippen LogP contribution is 2.41. The Kier molecular flexibility index (Phi) is 7.83. The molecule has 11 heteroatoms. The summed E-state index contributed by atoms with van der Waals surface area (Å²) in [6.07, 6.45) is 1.68. The number of halogens is 3. The van der Waals surface area contributed by atoms with Crippen molar-refractivity contribution in [3.8, 4) is 11.9 Å². The lowest BCUT2D eigenvalue weighted by molar-refractivity contribution is 0.0240. The first-order chi connectivity index (χ1) is 17.0. The minimum atomic E-state index is -0.613. The number of carbonyl (C=O) groups is 1. The van der Waals surface area contributed by atoms with Crippen LogP contribution in [0.4, 0.5) is 14.9 Å². The molecule has 2 aromatic rings. The van der Waals surface area contributed by atoms with Crippen molar-refractivity contribution in [1.29, 1.82) is 5.26 Å². The minimum absolute atomic E-state index is 0.0737. The second-order valence-electron chi connectivity index (χ2n) is 10.2. The van der Waals surface area contributed by atoms with Crippen molar-refractivity contribution in [1.82, 2.24) is 14.8 Å². The molecule has 2 fully saturated rings. The highest BCUT2D eigenvalue weighted by molar-refractivity contribution is 9.10. The highest BCUT2D eigenvalue weighted by atomic mass is 79.9.